The maximum absolute atomic E-state index is 13.8. The van der Waals surface area contributed by atoms with Crippen molar-refractivity contribution in [2.24, 2.45) is 0 Å². The van der Waals surface area contributed by atoms with Crippen molar-refractivity contribution in [2.75, 3.05) is 31.5 Å². The Morgan fingerprint density at radius 1 is 1.11 bits per heavy atom. The van der Waals surface area contributed by atoms with Gasteiger partial charge in [0, 0.05) is 63.1 Å². The summed E-state index contributed by atoms with van der Waals surface area (Å²) in [5.74, 6) is 0.593. The molecule has 11 heteroatoms. The zero-order chi connectivity index (χ0) is 25.4. The largest absolute Gasteiger partial charge is 0.343 e. The first kappa shape index (κ1) is 24.4. The second kappa shape index (κ2) is 9.96. The van der Waals surface area contributed by atoms with E-state index in [1.807, 2.05) is 41.8 Å². The normalized spacial score (nSPS) is 17.7. The van der Waals surface area contributed by atoms with E-state index in [4.69, 9.17) is 0 Å². The van der Waals surface area contributed by atoms with Crippen LogP contribution in [0.15, 0.2) is 36.8 Å². The fourth-order valence-corrected chi connectivity index (χ4v) is 4.91. The van der Waals surface area contributed by atoms with Gasteiger partial charge in [0.25, 0.3) is 6.43 Å². The molecule has 5 rings (SSSR count). The number of carbonyl (C=O) groups excluding carboxylic acids is 1. The van der Waals surface area contributed by atoms with Crippen LogP contribution in [0.25, 0.3) is 11.3 Å². The minimum atomic E-state index is -2.70. The highest BCUT2D eigenvalue weighted by Crippen LogP contribution is 2.33. The number of anilines is 2. The van der Waals surface area contributed by atoms with Gasteiger partial charge in [-0.2, -0.15) is 10.2 Å². The van der Waals surface area contributed by atoms with Crippen molar-refractivity contribution in [3.8, 4) is 11.3 Å². The van der Waals surface area contributed by atoms with Gasteiger partial charge >= 0.3 is 0 Å². The van der Waals surface area contributed by atoms with Crippen LogP contribution in [-0.2, 0) is 4.79 Å². The van der Waals surface area contributed by atoms with Gasteiger partial charge in [-0.1, -0.05) is 6.07 Å². The van der Waals surface area contributed by atoms with Gasteiger partial charge in [0.2, 0.25) is 5.91 Å². The van der Waals surface area contributed by atoms with Gasteiger partial charge in [-0.05, 0) is 38.8 Å². The van der Waals surface area contributed by atoms with Crippen molar-refractivity contribution in [1.29, 1.82) is 0 Å². The minimum Gasteiger partial charge on any atom is -0.343 e. The first-order valence-electron chi connectivity index (χ1n) is 12.4. The lowest BCUT2D eigenvalue weighted by atomic mass is 9.97. The smallest absolute Gasteiger partial charge is 0.284 e. The van der Waals surface area contributed by atoms with E-state index in [9.17, 15) is 13.6 Å². The maximum atomic E-state index is 13.8. The number of alkyl halides is 2. The number of piperidine rings is 1. The van der Waals surface area contributed by atoms with E-state index in [-0.39, 0.29) is 29.4 Å². The Labute approximate surface area is 209 Å². The molecule has 0 atom stereocenters. The number of rotatable bonds is 7. The van der Waals surface area contributed by atoms with Crippen molar-refractivity contribution in [1.82, 2.24) is 34.3 Å². The molecule has 0 aliphatic carbocycles. The molecule has 0 aromatic carbocycles. The third-order valence-corrected chi connectivity index (χ3v) is 7.10. The molecule has 2 saturated heterocycles. The van der Waals surface area contributed by atoms with Gasteiger partial charge in [-0.25, -0.2) is 13.8 Å². The average Bonchev–Trinajstić information content (AvgIpc) is 3.47. The molecule has 36 heavy (non-hydrogen) atoms. The summed E-state index contributed by atoms with van der Waals surface area (Å²) in [6.45, 7) is 8.78. The Hall–Kier alpha value is -3.34. The Bertz CT molecular complexity index is 1210. The second-order valence-corrected chi connectivity index (χ2v) is 9.89. The quantitative estimate of drug-likeness (QED) is 0.524. The number of pyridine rings is 1. The topological polar surface area (TPSA) is 84.1 Å². The zero-order valence-corrected chi connectivity index (χ0v) is 20.8. The summed E-state index contributed by atoms with van der Waals surface area (Å²) >= 11 is 0. The van der Waals surface area contributed by atoms with E-state index in [0.29, 0.717) is 17.6 Å². The number of aromatic nitrogens is 5. The molecular weight excluding hydrogens is 466 g/mol. The van der Waals surface area contributed by atoms with Crippen molar-refractivity contribution in [3.63, 3.8) is 0 Å². The van der Waals surface area contributed by atoms with Gasteiger partial charge in [0.15, 0.2) is 5.69 Å². The summed E-state index contributed by atoms with van der Waals surface area (Å²) in [6.07, 6.45) is 4.52. The van der Waals surface area contributed by atoms with Crippen LogP contribution in [0.3, 0.4) is 0 Å². The van der Waals surface area contributed by atoms with Crippen LogP contribution < -0.4 is 5.32 Å². The van der Waals surface area contributed by atoms with E-state index < -0.39 is 6.43 Å². The van der Waals surface area contributed by atoms with Gasteiger partial charge < -0.3 is 10.2 Å². The molecule has 192 valence electrons. The fraction of sp³-hybridized carbons (Fsp3) is 0.520. The molecule has 5 heterocycles. The van der Waals surface area contributed by atoms with Gasteiger partial charge in [-0.3, -0.25) is 19.1 Å². The lowest BCUT2D eigenvalue weighted by Crippen LogP contribution is -2.56. The SMILES string of the molecule is CC(=O)N1CCC(N2CC(n3cc(Nc4cccc(-c5cnn(C(C)C)c5)n4)c(C(F)F)n3)C2)CC1. The Morgan fingerprint density at radius 2 is 1.86 bits per heavy atom. The predicted molar refractivity (Wildman–Crippen MR) is 132 cm³/mol. The molecule has 2 fully saturated rings. The number of likely N-dealkylation sites (tertiary alicyclic amines) is 2. The van der Waals surface area contributed by atoms with Gasteiger partial charge in [0.05, 0.1) is 23.6 Å². The number of hydrogen-bond donors (Lipinski definition) is 1. The lowest BCUT2D eigenvalue weighted by molar-refractivity contribution is -0.130. The predicted octanol–water partition coefficient (Wildman–Crippen LogP) is 4.27. The van der Waals surface area contributed by atoms with E-state index in [0.717, 1.165) is 44.6 Å². The zero-order valence-electron chi connectivity index (χ0n) is 20.8. The molecule has 3 aromatic heterocycles. The van der Waals surface area contributed by atoms with Crippen molar-refractivity contribution < 1.29 is 13.6 Å². The summed E-state index contributed by atoms with van der Waals surface area (Å²) in [5.41, 5.74) is 1.56. The monoisotopic (exact) mass is 498 g/mol. The first-order chi connectivity index (χ1) is 17.3. The van der Waals surface area contributed by atoms with Gasteiger partial charge in [0.1, 0.15) is 5.82 Å². The number of hydrogen-bond acceptors (Lipinski definition) is 6. The molecule has 0 unspecified atom stereocenters. The molecule has 9 nitrogen and oxygen atoms in total. The molecule has 0 bridgehead atoms. The van der Waals surface area contributed by atoms with Crippen LogP contribution in [0.1, 0.15) is 57.8 Å². The van der Waals surface area contributed by atoms with E-state index in [1.54, 1.807) is 30.1 Å². The fourth-order valence-electron chi connectivity index (χ4n) is 4.91. The molecule has 0 saturated carbocycles. The van der Waals surface area contributed by atoms with E-state index in [2.05, 4.69) is 25.4 Å². The van der Waals surface area contributed by atoms with Crippen molar-refractivity contribution >= 4 is 17.4 Å². The number of nitrogens with zero attached hydrogens (tertiary/aromatic N) is 7. The number of amides is 1. The average molecular weight is 499 g/mol. The van der Waals surface area contributed by atoms with Crippen LogP contribution in [0.5, 0.6) is 0 Å². The molecule has 0 spiro atoms. The summed E-state index contributed by atoms with van der Waals surface area (Å²) in [7, 11) is 0. The summed E-state index contributed by atoms with van der Waals surface area (Å²) in [5, 5.41) is 11.6. The number of nitrogens with one attached hydrogen (secondary N) is 1. The number of carbonyl (C=O) groups is 1. The highest BCUT2D eigenvalue weighted by Gasteiger charge is 2.36. The van der Waals surface area contributed by atoms with Crippen molar-refractivity contribution in [3.05, 3.63) is 42.5 Å². The van der Waals surface area contributed by atoms with Crippen LogP contribution >= 0.6 is 0 Å². The molecule has 3 aromatic rings. The molecule has 0 radical (unpaired) electrons. The van der Waals surface area contributed by atoms with Crippen molar-refractivity contribution in [2.45, 2.75) is 58.2 Å². The lowest BCUT2D eigenvalue weighted by Gasteiger charge is -2.47. The molecule has 2 aliphatic heterocycles. The first-order valence-corrected chi connectivity index (χ1v) is 12.4. The number of halogens is 2. The summed E-state index contributed by atoms with van der Waals surface area (Å²) < 4.78 is 31.2. The van der Waals surface area contributed by atoms with E-state index in [1.165, 1.54) is 0 Å². The van der Waals surface area contributed by atoms with E-state index >= 15 is 0 Å². The standard InChI is InChI=1S/C25H32F2N8O/c1-16(2)34-12-18(11-28-34)21-5-4-6-23(29-21)30-22-15-35(31-24(22)25(26)27)20-13-33(14-20)19-7-9-32(10-8-19)17(3)36/h4-6,11-12,15-16,19-20,25H,7-10,13-14H2,1-3H3,(H,29,30). The van der Waals surface area contributed by atoms with Gasteiger partial charge in [-0.15, -0.1) is 0 Å². The molecule has 1 N–H and O–H groups in total. The van der Waals surface area contributed by atoms with Crippen LogP contribution in [0.4, 0.5) is 20.3 Å². The van der Waals surface area contributed by atoms with Crippen LogP contribution in [-0.4, -0.2) is 72.5 Å². The molecular formula is C25H32F2N8O. The summed E-state index contributed by atoms with van der Waals surface area (Å²) in [6, 6.07) is 6.16. The molecule has 1 amide bonds. The third-order valence-electron chi connectivity index (χ3n) is 7.10. The highest BCUT2D eigenvalue weighted by molar-refractivity contribution is 5.73. The van der Waals surface area contributed by atoms with Crippen LogP contribution in [0.2, 0.25) is 0 Å². The highest BCUT2D eigenvalue weighted by atomic mass is 19.3. The minimum absolute atomic E-state index is 0.0463. The Balaban J connectivity index is 1.26. The van der Waals surface area contributed by atoms with Crippen LogP contribution in [0, 0.1) is 0 Å². The third kappa shape index (κ3) is 4.97. The Kier molecular flexibility index (Phi) is 6.74. The molecule has 2 aliphatic rings. The summed E-state index contributed by atoms with van der Waals surface area (Å²) in [4.78, 5) is 20.4. The maximum Gasteiger partial charge on any atom is 0.284 e. The second-order valence-electron chi connectivity index (χ2n) is 9.89. The Morgan fingerprint density at radius 3 is 2.50 bits per heavy atom.